The number of aliphatic hydroxyl groups excluding tert-OH is 1. The van der Waals surface area contributed by atoms with E-state index >= 15 is 0 Å². The molecule has 0 radical (unpaired) electrons. The van der Waals surface area contributed by atoms with Crippen molar-refractivity contribution < 1.29 is 9.90 Å². The highest BCUT2D eigenvalue weighted by Crippen LogP contribution is 2.25. The number of rotatable bonds is 3. The number of hydrogen-bond donors (Lipinski definition) is 1. The van der Waals surface area contributed by atoms with Gasteiger partial charge in [-0.05, 0) is 48.9 Å². The molecule has 0 aliphatic heterocycles. The Kier molecular flexibility index (Phi) is 3.79. The van der Waals surface area contributed by atoms with E-state index in [9.17, 15) is 4.79 Å². The molecule has 1 aliphatic carbocycles. The van der Waals surface area contributed by atoms with Crippen LogP contribution in [0.3, 0.4) is 0 Å². The highest BCUT2D eigenvalue weighted by Gasteiger charge is 2.14. The number of carbonyl (C=O) groups is 1. The topological polar surface area (TPSA) is 40.5 Å². The molecule has 2 rings (SSSR count). The summed E-state index contributed by atoms with van der Waals surface area (Å²) in [5, 5.41) is 8.78. The highest BCUT2D eigenvalue weighted by molar-refractivity contribution is 5.92. The second kappa shape index (κ2) is 5.32. The third kappa shape index (κ3) is 2.67. The first-order valence-electron chi connectivity index (χ1n) is 6.21. The molecule has 1 N–H and O–H groups in total. The monoisotopic (exact) mass is 233 g/mol. The molecule has 0 atom stereocenters. The summed E-state index contributed by atoms with van der Waals surface area (Å²) in [5.41, 5.74) is 3.73. The maximum absolute atomic E-state index is 11.7. The zero-order chi connectivity index (χ0) is 12.3. The van der Waals surface area contributed by atoms with Crippen LogP contribution in [0.25, 0.3) is 0 Å². The van der Waals surface area contributed by atoms with E-state index in [-0.39, 0.29) is 18.9 Å². The van der Waals surface area contributed by atoms with Crippen LogP contribution in [-0.4, -0.2) is 24.7 Å². The van der Waals surface area contributed by atoms with Crippen molar-refractivity contribution in [3.8, 4) is 0 Å². The van der Waals surface area contributed by atoms with Crippen LogP contribution >= 0.6 is 0 Å². The van der Waals surface area contributed by atoms with Crippen LogP contribution in [0.1, 0.15) is 30.4 Å². The fourth-order valence-corrected chi connectivity index (χ4v) is 2.34. The second-order valence-electron chi connectivity index (χ2n) is 4.59. The van der Waals surface area contributed by atoms with E-state index in [2.05, 4.69) is 12.1 Å². The van der Waals surface area contributed by atoms with Gasteiger partial charge in [0.2, 0.25) is 5.91 Å². The van der Waals surface area contributed by atoms with Crippen molar-refractivity contribution >= 4 is 11.6 Å². The SMILES string of the molecule is CN(C(=O)CCO)c1ccc2c(c1)CCCC2. The third-order valence-electron chi connectivity index (χ3n) is 3.42. The lowest BCUT2D eigenvalue weighted by Gasteiger charge is -2.21. The van der Waals surface area contributed by atoms with Gasteiger partial charge in [-0.25, -0.2) is 0 Å². The van der Waals surface area contributed by atoms with Gasteiger partial charge in [0.1, 0.15) is 0 Å². The van der Waals surface area contributed by atoms with E-state index in [0.29, 0.717) is 0 Å². The molecule has 1 amide bonds. The maximum atomic E-state index is 11.7. The number of benzene rings is 1. The average Bonchev–Trinajstić information content (AvgIpc) is 2.37. The largest absolute Gasteiger partial charge is 0.396 e. The Balaban J connectivity index is 2.18. The number of fused-ring (bicyclic) bond motifs is 1. The van der Waals surface area contributed by atoms with Gasteiger partial charge in [0, 0.05) is 12.7 Å². The number of nitrogens with zero attached hydrogens (tertiary/aromatic N) is 1. The van der Waals surface area contributed by atoms with Crippen LogP contribution in [0.4, 0.5) is 5.69 Å². The number of amides is 1. The predicted octanol–water partition coefficient (Wildman–Crippen LogP) is 1.91. The number of carbonyl (C=O) groups excluding carboxylic acids is 1. The molecule has 1 aliphatic rings. The molecule has 0 heterocycles. The van der Waals surface area contributed by atoms with E-state index in [1.54, 1.807) is 11.9 Å². The Hall–Kier alpha value is -1.35. The Labute approximate surface area is 102 Å². The smallest absolute Gasteiger partial charge is 0.229 e. The summed E-state index contributed by atoms with van der Waals surface area (Å²) in [7, 11) is 1.77. The highest BCUT2D eigenvalue weighted by atomic mass is 16.3. The van der Waals surface area contributed by atoms with Crippen molar-refractivity contribution in [1.82, 2.24) is 0 Å². The average molecular weight is 233 g/mol. The summed E-state index contributed by atoms with van der Waals surface area (Å²) in [5.74, 6) is -0.0386. The van der Waals surface area contributed by atoms with E-state index in [1.165, 1.54) is 24.0 Å². The number of hydrogen-bond acceptors (Lipinski definition) is 2. The Morgan fingerprint density at radius 3 is 2.71 bits per heavy atom. The van der Waals surface area contributed by atoms with Gasteiger partial charge in [0.25, 0.3) is 0 Å². The molecular formula is C14H19NO2. The second-order valence-corrected chi connectivity index (χ2v) is 4.59. The maximum Gasteiger partial charge on any atom is 0.229 e. The molecule has 3 heteroatoms. The minimum atomic E-state index is -0.0892. The van der Waals surface area contributed by atoms with E-state index in [0.717, 1.165) is 18.5 Å². The lowest BCUT2D eigenvalue weighted by molar-refractivity contribution is -0.118. The van der Waals surface area contributed by atoms with Crippen molar-refractivity contribution in [3.05, 3.63) is 29.3 Å². The summed E-state index contributed by atoms with van der Waals surface area (Å²) in [6.45, 7) is -0.0892. The molecule has 3 nitrogen and oxygen atoms in total. The van der Waals surface area contributed by atoms with Crippen molar-refractivity contribution in [3.63, 3.8) is 0 Å². The quantitative estimate of drug-likeness (QED) is 0.866. The molecule has 1 aromatic rings. The molecule has 0 spiro atoms. The molecule has 0 fully saturated rings. The summed E-state index contributed by atoms with van der Waals surface area (Å²) in [6, 6.07) is 6.25. The lowest BCUT2D eigenvalue weighted by atomic mass is 9.91. The van der Waals surface area contributed by atoms with Crippen LogP contribution in [0.15, 0.2) is 18.2 Å². The van der Waals surface area contributed by atoms with Gasteiger partial charge in [-0.3, -0.25) is 4.79 Å². The van der Waals surface area contributed by atoms with E-state index in [1.807, 2.05) is 6.07 Å². The van der Waals surface area contributed by atoms with Crippen LogP contribution < -0.4 is 4.90 Å². The molecule has 0 saturated carbocycles. The van der Waals surface area contributed by atoms with Gasteiger partial charge in [-0.15, -0.1) is 0 Å². The first-order chi connectivity index (χ1) is 8.22. The molecule has 17 heavy (non-hydrogen) atoms. The van der Waals surface area contributed by atoms with E-state index < -0.39 is 0 Å². The van der Waals surface area contributed by atoms with Crippen LogP contribution in [-0.2, 0) is 17.6 Å². The Morgan fingerprint density at radius 1 is 1.29 bits per heavy atom. The molecule has 0 unspecified atom stereocenters. The standard InChI is InChI=1S/C14H19NO2/c1-15(14(17)8-9-16)13-7-6-11-4-2-3-5-12(11)10-13/h6-7,10,16H,2-5,8-9H2,1H3. The van der Waals surface area contributed by atoms with Gasteiger partial charge in [-0.2, -0.15) is 0 Å². The molecule has 0 aromatic heterocycles. The van der Waals surface area contributed by atoms with Crippen molar-refractivity contribution in [2.24, 2.45) is 0 Å². The van der Waals surface area contributed by atoms with Crippen LogP contribution in [0.2, 0.25) is 0 Å². The first kappa shape index (κ1) is 12.1. The Morgan fingerprint density at radius 2 is 2.00 bits per heavy atom. The fourth-order valence-electron chi connectivity index (χ4n) is 2.34. The predicted molar refractivity (Wildman–Crippen MR) is 68.2 cm³/mol. The molecule has 1 aromatic carbocycles. The number of aliphatic hydroxyl groups is 1. The van der Waals surface area contributed by atoms with Crippen LogP contribution in [0, 0.1) is 0 Å². The fraction of sp³-hybridized carbons (Fsp3) is 0.500. The lowest BCUT2D eigenvalue weighted by Crippen LogP contribution is -2.27. The van der Waals surface area contributed by atoms with Gasteiger partial charge >= 0.3 is 0 Å². The molecular weight excluding hydrogens is 214 g/mol. The minimum Gasteiger partial charge on any atom is -0.396 e. The summed E-state index contributed by atoms with van der Waals surface area (Å²) in [6.07, 6.45) is 4.97. The number of anilines is 1. The molecule has 92 valence electrons. The molecule has 0 bridgehead atoms. The van der Waals surface area contributed by atoms with Gasteiger partial charge in [0.05, 0.1) is 13.0 Å². The summed E-state index contributed by atoms with van der Waals surface area (Å²) in [4.78, 5) is 13.3. The van der Waals surface area contributed by atoms with Crippen molar-refractivity contribution in [2.75, 3.05) is 18.6 Å². The van der Waals surface area contributed by atoms with Crippen LogP contribution in [0.5, 0.6) is 0 Å². The van der Waals surface area contributed by atoms with Gasteiger partial charge < -0.3 is 10.0 Å². The van der Waals surface area contributed by atoms with Gasteiger partial charge in [0.15, 0.2) is 0 Å². The summed E-state index contributed by atoms with van der Waals surface area (Å²) >= 11 is 0. The van der Waals surface area contributed by atoms with E-state index in [4.69, 9.17) is 5.11 Å². The molecule has 0 saturated heterocycles. The van der Waals surface area contributed by atoms with Crippen molar-refractivity contribution in [2.45, 2.75) is 32.1 Å². The third-order valence-corrected chi connectivity index (χ3v) is 3.42. The first-order valence-corrected chi connectivity index (χ1v) is 6.21. The minimum absolute atomic E-state index is 0.0386. The van der Waals surface area contributed by atoms with Crippen molar-refractivity contribution in [1.29, 1.82) is 0 Å². The van der Waals surface area contributed by atoms with Gasteiger partial charge in [-0.1, -0.05) is 6.07 Å². The number of aryl methyl sites for hydroxylation is 2. The zero-order valence-electron chi connectivity index (χ0n) is 10.3. The Bertz CT molecular complexity index is 415. The summed E-state index contributed by atoms with van der Waals surface area (Å²) < 4.78 is 0. The zero-order valence-corrected chi connectivity index (χ0v) is 10.3. The normalized spacial score (nSPS) is 14.2.